The van der Waals surface area contributed by atoms with Crippen molar-refractivity contribution in [3.8, 4) is 0 Å². The molecule has 170 valence electrons. The second-order valence-corrected chi connectivity index (χ2v) is 8.54. The van der Waals surface area contributed by atoms with Crippen molar-refractivity contribution in [2.24, 2.45) is 5.92 Å². The lowest BCUT2D eigenvalue weighted by molar-refractivity contribution is -0.155. The molecule has 1 aliphatic carbocycles. The summed E-state index contributed by atoms with van der Waals surface area (Å²) in [5.74, 6) is -1.94. The normalized spacial score (nSPS) is 20.8. The number of hydrogen-bond acceptors (Lipinski definition) is 5. The fourth-order valence-corrected chi connectivity index (χ4v) is 4.38. The number of allylic oxidation sites excluding steroid dienone is 1. The molecule has 1 saturated carbocycles. The number of aliphatic hydroxyl groups is 2. The van der Waals surface area contributed by atoms with E-state index in [1.807, 2.05) is 72.8 Å². The molecule has 2 N–H and O–H groups in total. The molecule has 0 aliphatic heterocycles. The molecule has 3 atom stereocenters. The van der Waals surface area contributed by atoms with Gasteiger partial charge in [0, 0.05) is 6.42 Å². The van der Waals surface area contributed by atoms with Crippen molar-refractivity contribution < 1.29 is 24.5 Å². The number of hydrogen-bond donors (Lipinski definition) is 2. The summed E-state index contributed by atoms with van der Waals surface area (Å²) in [6, 6.07) is 23.6. The van der Waals surface area contributed by atoms with Crippen molar-refractivity contribution in [2.45, 2.75) is 44.3 Å². The van der Waals surface area contributed by atoms with Gasteiger partial charge in [-0.3, -0.25) is 9.59 Å². The molecule has 0 saturated heterocycles. The number of unbranched alkanes of at least 4 members (excludes halogenated alkanes) is 1. The number of aryl methyl sites for hydroxylation is 1. The maximum Gasteiger partial charge on any atom is 0.310 e. The molecule has 3 unspecified atom stereocenters. The first-order chi connectivity index (χ1) is 16.0. The van der Waals surface area contributed by atoms with Crippen LogP contribution in [0.4, 0.5) is 0 Å². The van der Waals surface area contributed by atoms with Crippen molar-refractivity contribution in [3.05, 3.63) is 95.8 Å². The first kappa shape index (κ1) is 22.7. The van der Waals surface area contributed by atoms with E-state index in [0.717, 1.165) is 29.2 Å². The first-order valence-electron chi connectivity index (χ1n) is 11.3. The van der Waals surface area contributed by atoms with Crippen molar-refractivity contribution in [1.29, 1.82) is 0 Å². The van der Waals surface area contributed by atoms with Crippen LogP contribution in [-0.2, 0) is 27.2 Å². The minimum Gasteiger partial charge on any atom is -0.512 e. The van der Waals surface area contributed by atoms with E-state index in [2.05, 4.69) is 0 Å². The van der Waals surface area contributed by atoms with E-state index >= 15 is 0 Å². The quantitative estimate of drug-likeness (QED) is 0.299. The standard InChI is InChI=1S/C28H28O5/c29-23(13-7-4-10-19-8-2-1-3-9-19)27-24(30)18-25(31)28(27)33-26(32)17-20-14-15-21-11-5-6-12-22(21)16-20/h1-3,5-6,8-9,11-16,24,27-30H,4,7,10,17-18H2/b23-13+. The van der Waals surface area contributed by atoms with Gasteiger partial charge in [0.05, 0.1) is 24.2 Å². The summed E-state index contributed by atoms with van der Waals surface area (Å²) in [5.41, 5.74) is 1.99. The van der Waals surface area contributed by atoms with Gasteiger partial charge in [0.15, 0.2) is 11.9 Å². The number of carbonyl (C=O) groups is 2. The van der Waals surface area contributed by atoms with E-state index in [0.29, 0.717) is 6.42 Å². The van der Waals surface area contributed by atoms with Crippen LogP contribution in [0.3, 0.4) is 0 Å². The molecule has 33 heavy (non-hydrogen) atoms. The van der Waals surface area contributed by atoms with Crippen molar-refractivity contribution in [3.63, 3.8) is 0 Å². The third kappa shape index (κ3) is 5.68. The molecule has 5 nitrogen and oxygen atoms in total. The van der Waals surface area contributed by atoms with Gasteiger partial charge in [-0.2, -0.15) is 0 Å². The number of carbonyl (C=O) groups excluding carboxylic acids is 2. The van der Waals surface area contributed by atoms with Gasteiger partial charge in [-0.15, -0.1) is 0 Å². The summed E-state index contributed by atoms with van der Waals surface area (Å²) in [6.07, 6.45) is 1.53. The number of ketones is 1. The summed E-state index contributed by atoms with van der Waals surface area (Å²) >= 11 is 0. The highest BCUT2D eigenvalue weighted by Gasteiger charge is 2.46. The zero-order chi connectivity index (χ0) is 23.2. The van der Waals surface area contributed by atoms with Gasteiger partial charge in [0.2, 0.25) is 0 Å². The van der Waals surface area contributed by atoms with Crippen LogP contribution in [-0.4, -0.2) is 34.2 Å². The van der Waals surface area contributed by atoms with Crippen LogP contribution in [0.25, 0.3) is 10.8 Å². The van der Waals surface area contributed by atoms with Gasteiger partial charge >= 0.3 is 5.97 Å². The Morgan fingerprint density at radius 2 is 1.70 bits per heavy atom. The number of rotatable bonds is 8. The summed E-state index contributed by atoms with van der Waals surface area (Å²) in [4.78, 5) is 25.0. The monoisotopic (exact) mass is 444 g/mol. The van der Waals surface area contributed by atoms with Gasteiger partial charge in [0.25, 0.3) is 0 Å². The number of fused-ring (bicyclic) bond motifs is 1. The minimum absolute atomic E-state index is 0.0129. The summed E-state index contributed by atoms with van der Waals surface area (Å²) in [7, 11) is 0. The highest BCUT2D eigenvalue weighted by atomic mass is 16.5. The number of esters is 1. The van der Waals surface area contributed by atoms with Crippen LogP contribution < -0.4 is 0 Å². The number of Topliss-reactive ketones (excluding diaryl/α,β-unsaturated/α-hetero) is 1. The summed E-state index contributed by atoms with van der Waals surface area (Å²) < 4.78 is 5.47. The maximum atomic E-state index is 12.6. The van der Waals surface area contributed by atoms with Gasteiger partial charge in [0.1, 0.15) is 0 Å². The molecule has 4 rings (SSSR count). The Bertz CT molecular complexity index is 1150. The summed E-state index contributed by atoms with van der Waals surface area (Å²) in [5, 5.41) is 23.0. The zero-order valence-corrected chi connectivity index (χ0v) is 18.4. The van der Waals surface area contributed by atoms with E-state index in [9.17, 15) is 19.8 Å². The Balaban J connectivity index is 1.37. The smallest absolute Gasteiger partial charge is 0.310 e. The van der Waals surface area contributed by atoms with Crippen LogP contribution in [0.15, 0.2) is 84.6 Å². The van der Waals surface area contributed by atoms with Crippen molar-refractivity contribution >= 4 is 22.5 Å². The molecular formula is C28H28O5. The van der Waals surface area contributed by atoms with Crippen LogP contribution in [0, 0.1) is 5.92 Å². The Morgan fingerprint density at radius 3 is 2.48 bits per heavy atom. The van der Waals surface area contributed by atoms with Crippen LogP contribution in [0.2, 0.25) is 0 Å². The van der Waals surface area contributed by atoms with Gasteiger partial charge in [-0.05, 0) is 47.2 Å². The Labute approximate surface area is 193 Å². The third-order valence-corrected chi connectivity index (χ3v) is 6.10. The van der Waals surface area contributed by atoms with Crippen LogP contribution >= 0.6 is 0 Å². The van der Waals surface area contributed by atoms with Crippen LogP contribution in [0.5, 0.6) is 0 Å². The molecule has 3 aromatic carbocycles. The minimum atomic E-state index is -1.17. The van der Waals surface area contributed by atoms with Crippen molar-refractivity contribution in [1.82, 2.24) is 0 Å². The van der Waals surface area contributed by atoms with E-state index < -0.39 is 24.1 Å². The topological polar surface area (TPSA) is 83.8 Å². The molecule has 0 amide bonds. The summed E-state index contributed by atoms with van der Waals surface area (Å²) in [6.45, 7) is 0. The number of benzene rings is 3. The van der Waals surface area contributed by atoms with E-state index in [1.54, 1.807) is 6.08 Å². The molecule has 0 bridgehead atoms. The molecule has 0 heterocycles. The predicted molar refractivity (Wildman–Crippen MR) is 127 cm³/mol. The third-order valence-electron chi connectivity index (χ3n) is 6.10. The fraction of sp³-hybridized carbons (Fsp3) is 0.286. The number of ether oxygens (including phenoxy) is 1. The molecule has 0 spiro atoms. The van der Waals surface area contributed by atoms with Crippen LogP contribution in [0.1, 0.15) is 30.4 Å². The Kier molecular flexibility index (Phi) is 7.20. The molecule has 5 heteroatoms. The average Bonchev–Trinajstić information content (AvgIpc) is 3.09. The van der Waals surface area contributed by atoms with Crippen molar-refractivity contribution in [2.75, 3.05) is 0 Å². The highest BCUT2D eigenvalue weighted by Crippen LogP contribution is 2.32. The molecular weight excluding hydrogens is 416 g/mol. The molecule has 1 fully saturated rings. The van der Waals surface area contributed by atoms with E-state index in [-0.39, 0.29) is 24.4 Å². The predicted octanol–water partition coefficient (Wildman–Crippen LogP) is 4.71. The van der Waals surface area contributed by atoms with Gasteiger partial charge in [-0.25, -0.2) is 0 Å². The second-order valence-electron chi connectivity index (χ2n) is 8.54. The highest BCUT2D eigenvalue weighted by molar-refractivity contribution is 5.90. The second kappa shape index (κ2) is 10.5. The number of aliphatic hydroxyl groups excluding tert-OH is 2. The fourth-order valence-electron chi connectivity index (χ4n) is 4.38. The molecule has 0 radical (unpaired) electrons. The lowest BCUT2D eigenvalue weighted by Crippen LogP contribution is -2.32. The average molecular weight is 445 g/mol. The SMILES string of the molecule is O=C(Cc1ccc2ccccc2c1)OC1C(=O)CC(O)C1/C(O)=C\CCCc1ccccc1. The lowest BCUT2D eigenvalue weighted by atomic mass is 9.99. The lowest BCUT2D eigenvalue weighted by Gasteiger charge is -2.21. The van der Waals surface area contributed by atoms with Gasteiger partial charge < -0.3 is 14.9 Å². The maximum absolute atomic E-state index is 12.6. The van der Waals surface area contributed by atoms with E-state index in [4.69, 9.17) is 4.74 Å². The largest absolute Gasteiger partial charge is 0.512 e. The van der Waals surface area contributed by atoms with E-state index in [1.165, 1.54) is 5.56 Å². The molecule has 1 aliphatic rings. The Hall–Kier alpha value is -3.44. The Morgan fingerprint density at radius 1 is 0.970 bits per heavy atom. The van der Waals surface area contributed by atoms with Gasteiger partial charge in [-0.1, -0.05) is 72.8 Å². The zero-order valence-electron chi connectivity index (χ0n) is 18.4. The molecule has 0 aromatic heterocycles. The molecule has 3 aromatic rings. The first-order valence-corrected chi connectivity index (χ1v) is 11.3.